The van der Waals surface area contributed by atoms with Crippen LogP contribution in [0.4, 0.5) is 5.69 Å². The van der Waals surface area contributed by atoms with Gasteiger partial charge in [0.2, 0.25) is 0 Å². The molecule has 1 spiro atoms. The molecule has 1 aromatic rings. The molecule has 1 atom stereocenters. The van der Waals surface area contributed by atoms with Gasteiger partial charge in [0.15, 0.2) is 5.96 Å². The Morgan fingerprint density at radius 3 is 2.76 bits per heavy atom. The number of nitrogens with zero attached hydrogens (tertiary/aromatic N) is 2. The summed E-state index contributed by atoms with van der Waals surface area (Å²) in [5, 5.41) is 0.722. The van der Waals surface area contributed by atoms with E-state index in [4.69, 9.17) is 22.1 Å². The minimum Gasteiger partial charge on any atom is -0.379 e. The highest BCUT2D eigenvalue weighted by Gasteiger charge is 2.46. The minimum absolute atomic E-state index is 0.0854. The molecule has 1 unspecified atom stereocenters. The third-order valence-corrected chi connectivity index (χ3v) is 3.66. The fraction of sp³-hybridized carbons (Fsp3) is 0.417. The second kappa shape index (κ2) is 3.89. The van der Waals surface area contributed by atoms with Gasteiger partial charge in [-0.3, -0.25) is 4.99 Å². The van der Waals surface area contributed by atoms with Crippen LogP contribution in [0.25, 0.3) is 0 Å². The molecule has 2 aliphatic heterocycles. The molecule has 2 N–H and O–H groups in total. The number of nitrogens with two attached hydrogens (primary N) is 1. The number of anilines is 1. The molecule has 1 saturated heterocycles. The number of ether oxygens (including phenoxy) is 1. The molecule has 0 saturated carbocycles. The maximum Gasteiger partial charge on any atom is 0.196 e. The first-order valence-electron chi connectivity index (χ1n) is 5.65. The van der Waals surface area contributed by atoms with E-state index in [1.807, 2.05) is 24.3 Å². The minimum atomic E-state index is -0.0854. The average Bonchev–Trinajstić information content (AvgIpc) is 2.91. The molecular formula is C12H14ClN3O. The summed E-state index contributed by atoms with van der Waals surface area (Å²) >= 11 is 5.90. The van der Waals surface area contributed by atoms with Crippen molar-refractivity contribution in [1.82, 2.24) is 0 Å². The Balaban J connectivity index is 1.98. The van der Waals surface area contributed by atoms with Gasteiger partial charge in [0.25, 0.3) is 0 Å². The van der Waals surface area contributed by atoms with Crippen LogP contribution in [0.15, 0.2) is 29.3 Å². The molecule has 0 aromatic heterocycles. The van der Waals surface area contributed by atoms with Gasteiger partial charge >= 0.3 is 0 Å². The molecule has 1 fully saturated rings. The molecular weight excluding hydrogens is 238 g/mol. The van der Waals surface area contributed by atoms with E-state index in [1.54, 1.807) is 0 Å². The molecule has 0 bridgehead atoms. The lowest BCUT2D eigenvalue weighted by Gasteiger charge is -2.34. The lowest BCUT2D eigenvalue weighted by molar-refractivity contribution is 0.181. The molecule has 0 amide bonds. The van der Waals surface area contributed by atoms with Crippen molar-refractivity contribution in [2.75, 3.05) is 24.7 Å². The average molecular weight is 252 g/mol. The van der Waals surface area contributed by atoms with E-state index < -0.39 is 0 Å². The zero-order valence-electron chi connectivity index (χ0n) is 9.40. The van der Waals surface area contributed by atoms with Gasteiger partial charge in [-0.1, -0.05) is 11.6 Å². The Hall–Kier alpha value is -1.26. The van der Waals surface area contributed by atoms with Crippen LogP contribution in [0.1, 0.15) is 6.42 Å². The van der Waals surface area contributed by atoms with Gasteiger partial charge in [0, 0.05) is 17.3 Å². The summed E-state index contributed by atoms with van der Waals surface area (Å²) in [6.45, 7) is 2.16. The molecule has 2 heterocycles. The second-order valence-corrected chi connectivity index (χ2v) is 4.95. The monoisotopic (exact) mass is 251 g/mol. The standard InChI is InChI=1S/C12H14ClN3O/c13-9-1-3-10(4-2-9)16-11(14)15-7-12(16)5-6-17-8-12/h1-4H,5-8H2,(H2,14,15). The molecule has 1 aromatic carbocycles. The summed E-state index contributed by atoms with van der Waals surface area (Å²) in [4.78, 5) is 6.44. The molecule has 0 radical (unpaired) electrons. The van der Waals surface area contributed by atoms with Crippen LogP contribution >= 0.6 is 11.6 Å². The smallest absolute Gasteiger partial charge is 0.196 e. The summed E-state index contributed by atoms with van der Waals surface area (Å²) in [5.41, 5.74) is 6.93. The number of halogens is 1. The van der Waals surface area contributed by atoms with Gasteiger partial charge in [0.05, 0.1) is 18.7 Å². The summed E-state index contributed by atoms with van der Waals surface area (Å²) in [6.07, 6.45) is 0.958. The summed E-state index contributed by atoms with van der Waals surface area (Å²) < 4.78 is 5.51. The van der Waals surface area contributed by atoms with Crippen LogP contribution in [0.3, 0.4) is 0 Å². The van der Waals surface area contributed by atoms with Gasteiger partial charge < -0.3 is 15.4 Å². The lowest BCUT2D eigenvalue weighted by atomic mass is 9.97. The van der Waals surface area contributed by atoms with Crippen molar-refractivity contribution in [1.29, 1.82) is 0 Å². The van der Waals surface area contributed by atoms with Gasteiger partial charge in [-0.25, -0.2) is 0 Å². The maximum absolute atomic E-state index is 5.99. The van der Waals surface area contributed by atoms with Gasteiger partial charge in [0.1, 0.15) is 0 Å². The highest BCUT2D eigenvalue weighted by Crippen LogP contribution is 2.35. The Morgan fingerprint density at radius 1 is 1.35 bits per heavy atom. The van der Waals surface area contributed by atoms with Gasteiger partial charge in [-0.2, -0.15) is 0 Å². The third-order valence-electron chi connectivity index (χ3n) is 3.41. The van der Waals surface area contributed by atoms with Crippen molar-refractivity contribution < 1.29 is 4.74 Å². The van der Waals surface area contributed by atoms with Crippen LogP contribution in [0.5, 0.6) is 0 Å². The number of aliphatic imine (C=N–C) groups is 1. The molecule has 17 heavy (non-hydrogen) atoms. The fourth-order valence-corrected chi connectivity index (χ4v) is 2.63. The zero-order valence-corrected chi connectivity index (χ0v) is 10.2. The summed E-state index contributed by atoms with van der Waals surface area (Å²) in [6, 6.07) is 7.67. The van der Waals surface area contributed by atoms with Crippen LogP contribution < -0.4 is 10.6 Å². The van der Waals surface area contributed by atoms with Crippen molar-refractivity contribution in [3.63, 3.8) is 0 Å². The van der Waals surface area contributed by atoms with Crippen LogP contribution in [-0.2, 0) is 4.74 Å². The Bertz CT molecular complexity index is 451. The fourth-order valence-electron chi connectivity index (χ4n) is 2.51. The van der Waals surface area contributed by atoms with E-state index >= 15 is 0 Å². The van der Waals surface area contributed by atoms with E-state index in [-0.39, 0.29) is 5.54 Å². The SMILES string of the molecule is NC1=NCC2(CCOC2)N1c1ccc(Cl)cc1. The normalized spacial score (nSPS) is 27.8. The topological polar surface area (TPSA) is 50.9 Å². The van der Waals surface area contributed by atoms with Crippen molar-refractivity contribution in [3.05, 3.63) is 29.3 Å². The Kier molecular flexibility index (Phi) is 2.49. The van der Waals surface area contributed by atoms with Crippen LogP contribution in [0.2, 0.25) is 5.02 Å². The molecule has 0 aliphatic carbocycles. The molecule has 4 nitrogen and oxygen atoms in total. The van der Waals surface area contributed by atoms with E-state index in [0.717, 1.165) is 23.7 Å². The first kappa shape index (κ1) is 10.9. The molecule has 2 aliphatic rings. The summed E-state index contributed by atoms with van der Waals surface area (Å²) in [7, 11) is 0. The lowest BCUT2D eigenvalue weighted by Crippen LogP contribution is -2.52. The van der Waals surface area contributed by atoms with Crippen molar-refractivity contribution in [3.8, 4) is 0 Å². The first-order valence-corrected chi connectivity index (χ1v) is 6.03. The number of hydrogen-bond acceptors (Lipinski definition) is 4. The van der Waals surface area contributed by atoms with Crippen molar-refractivity contribution >= 4 is 23.2 Å². The largest absolute Gasteiger partial charge is 0.379 e. The predicted octanol–water partition coefficient (Wildman–Crippen LogP) is 1.63. The third kappa shape index (κ3) is 1.68. The van der Waals surface area contributed by atoms with E-state index in [1.165, 1.54) is 0 Å². The molecule has 3 rings (SSSR count). The Labute approximate surface area is 105 Å². The molecule has 90 valence electrons. The van der Waals surface area contributed by atoms with Crippen LogP contribution in [0, 0.1) is 0 Å². The number of guanidine groups is 1. The van der Waals surface area contributed by atoms with Gasteiger partial charge in [-0.05, 0) is 30.7 Å². The molecule has 5 heteroatoms. The number of benzene rings is 1. The highest BCUT2D eigenvalue weighted by atomic mass is 35.5. The number of hydrogen-bond donors (Lipinski definition) is 1. The number of rotatable bonds is 1. The van der Waals surface area contributed by atoms with Crippen molar-refractivity contribution in [2.24, 2.45) is 10.7 Å². The predicted molar refractivity (Wildman–Crippen MR) is 68.6 cm³/mol. The summed E-state index contributed by atoms with van der Waals surface area (Å²) in [5.74, 6) is 0.567. The Morgan fingerprint density at radius 2 is 2.12 bits per heavy atom. The van der Waals surface area contributed by atoms with Crippen LogP contribution in [-0.4, -0.2) is 31.3 Å². The van der Waals surface area contributed by atoms with Crippen molar-refractivity contribution in [2.45, 2.75) is 12.0 Å². The first-order chi connectivity index (χ1) is 8.21. The highest BCUT2D eigenvalue weighted by molar-refractivity contribution is 6.30. The quantitative estimate of drug-likeness (QED) is 0.826. The van der Waals surface area contributed by atoms with E-state index in [9.17, 15) is 0 Å². The second-order valence-electron chi connectivity index (χ2n) is 4.51. The zero-order chi connectivity index (χ0) is 11.9. The maximum atomic E-state index is 5.99. The van der Waals surface area contributed by atoms with E-state index in [0.29, 0.717) is 19.1 Å². The van der Waals surface area contributed by atoms with Gasteiger partial charge in [-0.15, -0.1) is 0 Å². The van der Waals surface area contributed by atoms with E-state index in [2.05, 4.69) is 9.89 Å².